The van der Waals surface area contributed by atoms with E-state index in [9.17, 15) is 13.9 Å². The van der Waals surface area contributed by atoms with Gasteiger partial charge in [0.2, 0.25) is 0 Å². The summed E-state index contributed by atoms with van der Waals surface area (Å²) >= 11 is 0. The minimum Gasteiger partial charge on any atom is -0.392 e. The number of hydrogen-bond acceptors (Lipinski definition) is 1. The second kappa shape index (κ2) is 3.56. The molecule has 0 aromatic heterocycles. The molecule has 0 spiro atoms. The molecule has 1 aromatic carbocycles. The molecule has 1 N–H and O–H groups in total. The molecular weight excluding hydrogens is 198 g/mol. The van der Waals surface area contributed by atoms with E-state index in [0.717, 1.165) is 25.0 Å². The van der Waals surface area contributed by atoms with E-state index in [1.807, 2.05) is 6.92 Å². The monoisotopic (exact) mass is 212 g/mol. The van der Waals surface area contributed by atoms with Gasteiger partial charge in [-0.25, -0.2) is 8.78 Å². The fourth-order valence-corrected chi connectivity index (χ4v) is 1.67. The Morgan fingerprint density at radius 3 is 2.53 bits per heavy atom. The van der Waals surface area contributed by atoms with Crippen LogP contribution in [-0.4, -0.2) is 11.2 Å². The van der Waals surface area contributed by atoms with E-state index < -0.39 is 17.7 Å². The van der Waals surface area contributed by atoms with Gasteiger partial charge in [0.05, 0.1) is 6.10 Å². The van der Waals surface area contributed by atoms with E-state index in [1.165, 1.54) is 6.07 Å². The van der Waals surface area contributed by atoms with E-state index >= 15 is 0 Å². The van der Waals surface area contributed by atoms with Gasteiger partial charge in [-0.1, -0.05) is 13.0 Å². The highest BCUT2D eigenvalue weighted by molar-refractivity contribution is 5.19. The van der Waals surface area contributed by atoms with E-state index in [-0.39, 0.29) is 5.41 Å². The van der Waals surface area contributed by atoms with Crippen LogP contribution in [-0.2, 0) is 6.42 Å². The molecule has 1 saturated carbocycles. The summed E-state index contributed by atoms with van der Waals surface area (Å²) < 4.78 is 25.5. The summed E-state index contributed by atoms with van der Waals surface area (Å²) in [6.45, 7) is 2.01. The van der Waals surface area contributed by atoms with Gasteiger partial charge in [-0.15, -0.1) is 0 Å². The van der Waals surface area contributed by atoms with Gasteiger partial charge in [0.15, 0.2) is 11.6 Å². The van der Waals surface area contributed by atoms with Gasteiger partial charge >= 0.3 is 0 Å². The average molecular weight is 212 g/mol. The fourth-order valence-electron chi connectivity index (χ4n) is 1.67. The van der Waals surface area contributed by atoms with Crippen molar-refractivity contribution in [1.29, 1.82) is 0 Å². The van der Waals surface area contributed by atoms with Crippen molar-refractivity contribution in [2.45, 2.75) is 32.3 Å². The number of aliphatic hydroxyl groups excluding tert-OH is 1. The number of hydrogen-bond donors (Lipinski definition) is 1. The van der Waals surface area contributed by atoms with Crippen LogP contribution >= 0.6 is 0 Å². The molecule has 1 atom stereocenters. The summed E-state index contributed by atoms with van der Waals surface area (Å²) in [4.78, 5) is 0. The lowest BCUT2D eigenvalue weighted by Crippen LogP contribution is -2.21. The molecule has 15 heavy (non-hydrogen) atoms. The third-order valence-electron chi connectivity index (χ3n) is 3.26. The highest BCUT2D eigenvalue weighted by Gasteiger charge is 2.43. The van der Waals surface area contributed by atoms with Crippen molar-refractivity contribution < 1.29 is 13.9 Å². The summed E-state index contributed by atoms with van der Waals surface area (Å²) in [6, 6.07) is 3.78. The maximum atomic E-state index is 12.9. The molecule has 0 bridgehead atoms. The molecule has 2 rings (SSSR count). The van der Waals surface area contributed by atoms with Gasteiger partial charge < -0.3 is 5.11 Å². The third-order valence-corrected chi connectivity index (χ3v) is 3.26. The molecule has 1 unspecified atom stereocenters. The van der Waals surface area contributed by atoms with Crippen molar-refractivity contribution in [3.05, 3.63) is 35.4 Å². The maximum Gasteiger partial charge on any atom is 0.159 e. The molecule has 1 aliphatic rings. The molecule has 1 nitrogen and oxygen atoms in total. The second-order valence-corrected chi connectivity index (χ2v) is 4.62. The summed E-state index contributed by atoms with van der Waals surface area (Å²) in [5, 5.41) is 9.85. The highest BCUT2D eigenvalue weighted by atomic mass is 19.2. The normalized spacial score (nSPS) is 20.0. The van der Waals surface area contributed by atoms with Crippen LogP contribution in [0.3, 0.4) is 0 Å². The predicted octanol–water partition coefficient (Wildman–Crippen LogP) is 2.67. The minimum absolute atomic E-state index is 0.00907. The lowest BCUT2D eigenvalue weighted by molar-refractivity contribution is 0.103. The zero-order valence-electron chi connectivity index (χ0n) is 8.63. The van der Waals surface area contributed by atoms with Crippen molar-refractivity contribution in [2.24, 2.45) is 5.41 Å². The number of halogens is 2. The first-order chi connectivity index (χ1) is 7.01. The molecule has 0 saturated heterocycles. The molecule has 1 fully saturated rings. The van der Waals surface area contributed by atoms with Crippen LogP contribution in [0, 0.1) is 17.0 Å². The minimum atomic E-state index is -0.847. The summed E-state index contributed by atoms with van der Waals surface area (Å²) in [5.41, 5.74) is 0.639. The van der Waals surface area contributed by atoms with Gasteiger partial charge in [0.1, 0.15) is 0 Å². The van der Waals surface area contributed by atoms with Crippen molar-refractivity contribution in [2.75, 3.05) is 0 Å². The molecular formula is C12H14F2O. The molecule has 82 valence electrons. The van der Waals surface area contributed by atoms with Gasteiger partial charge in [-0.2, -0.15) is 0 Å². The second-order valence-electron chi connectivity index (χ2n) is 4.62. The molecule has 0 aliphatic heterocycles. The van der Waals surface area contributed by atoms with Gasteiger partial charge in [-0.05, 0) is 42.4 Å². The maximum absolute atomic E-state index is 12.9. The zero-order chi connectivity index (χ0) is 11.1. The third kappa shape index (κ3) is 2.17. The van der Waals surface area contributed by atoms with Crippen molar-refractivity contribution in [1.82, 2.24) is 0 Å². The zero-order valence-corrected chi connectivity index (χ0v) is 8.63. The first-order valence-corrected chi connectivity index (χ1v) is 5.13. The van der Waals surface area contributed by atoms with E-state index in [0.29, 0.717) is 12.0 Å². The molecule has 0 heterocycles. The molecule has 1 aliphatic carbocycles. The Morgan fingerprint density at radius 1 is 1.33 bits per heavy atom. The fraction of sp³-hybridized carbons (Fsp3) is 0.500. The van der Waals surface area contributed by atoms with Crippen LogP contribution in [0.5, 0.6) is 0 Å². The Bertz CT molecular complexity index is 372. The molecule has 0 radical (unpaired) electrons. The van der Waals surface area contributed by atoms with Gasteiger partial charge in [0, 0.05) is 0 Å². The Kier molecular flexibility index (Phi) is 2.51. The van der Waals surface area contributed by atoms with Crippen LogP contribution < -0.4 is 0 Å². The Balaban J connectivity index is 2.07. The van der Waals surface area contributed by atoms with Crippen LogP contribution in [0.4, 0.5) is 8.78 Å². The quantitative estimate of drug-likeness (QED) is 0.816. The van der Waals surface area contributed by atoms with Crippen LogP contribution in [0.2, 0.25) is 0 Å². The van der Waals surface area contributed by atoms with Crippen LogP contribution in [0.1, 0.15) is 25.3 Å². The molecule has 0 amide bonds. The Labute approximate surface area is 87.7 Å². The Morgan fingerprint density at radius 2 is 2.00 bits per heavy atom. The van der Waals surface area contributed by atoms with E-state index in [4.69, 9.17) is 0 Å². The number of rotatable bonds is 3. The van der Waals surface area contributed by atoms with E-state index in [2.05, 4.69) is 0 Å². The molecule has 3 heteroatoms. The first kappa shape index (κ1) is 10.6. The van der Waals surface area contributed by atoms with Crippen molar-refractivity contribution in [3.63, 3.8) is 0 Å². The highest BCUT2D eigenvalue weighted by Crippen LogP contribution is 2.48. The van der Waals surface area contributed by atoms with E-state index in [1.54, 1.807) is 0 Å². The van der Waals surface area contributed by atoms with Gasteiger partial charge in [-0.3, -0.25) is 0 Å². The topological polar surface area (TPSA) is 20.2 Å². The average Bonchev–Trinajstić information content (AvgIpc) is 2.92. The van der Waals surface area contributed by atoms with Crippen molar-refractivity contribution in [3.8, 4) is 0 Å². The molecule has 1 aromatic rings. The summed E-state index contributed by atoms with van der Waals surface area (Å²) in [5.74, 6) is -1.69. The van der Waals surface area contributed by atoms with Crippen LogP contribution in [0.25, 0.3) is 0 Å². The van der Waals surface area contributed by atoms with Gasteiger partial charge in [0.25, 0.3) is 0 Å². The smallest absolute Gasteiger partial charge is 0.159 e. The predicted molar refractivity (Wildman–Crippen MR) is 53.4 cm³/mol. The Hall–Kier alpha value is -0.960. The number of aliphatic hydroxyl groups is 1. The van der Waals surface area contributed by atoms with Crippen LogP contribution in [0.15, 0.2) is 18.2 Å². The summed E-state index contributed by atoms with van der Waals surface area (Å²) in [6.07, 6.45) is 1.96. The lowest BCUT2D eigenvalue weighted by Gasteiger charge is -2.17. The standard InChI is InChI=1S/C12H14F2O/c1-12(4-5-12)11(15)7-8-2-3-9(13)10(14)6-8/h2-3,6,11,15H,4-5,7H2,1H3. The summed E-state index contributed by atoms with van der Waals surface area (Å²) in [7, 11) is 0. The number of benzene rings is 1. The SMILES string of the molecule is CC1(C(O)Cc2ccc(F)c(F)c2)CC1. The van der Waals surface area contributed by atoms with Crippen molar-refractivity contribution >= 4 is 0 Å². The largest absolute Gasteiger partial charge is 0.392 e. The first-order valence-electron chi connectivity index (χ1n) is 5.13. The lowest BCUT2D eigenvalue weighted by atomic mass is 9.95.